The molecule has 0 saturated heterocycles. The smallest absolute Gasteiger partial charge is 0.187 e. The average molecular weight is 231 g/mol. The number of ketones is 1. The van der Waals surface area contributed by atoms with Crippen molar-refractivity contribution in [3.05, 3.63) is 47.7 Å². The van der Waals surface area contributed by atoms with Gasteiger partial charge in [0.2, 0.25) is 0 Å². The molecule has 0 atom stereocenters. The molecule has 0 heterocycles. The zero-order chi connectivity index (χ0) is 13.1. The Bertz CT molecular complexity index is 425. The fourth-order valence-electron chi connectivity index (χ4n) is 1.45. The fourth-order valence-corrected chi connectivity index (χ4v) is 1.45. The molecule has 2 heteroatoms. The van der Waals surface area contributed by atoms with Crippen LogP contribution in [0.3, 0.4) is 0 Å². The first-order valence-electron chi connectivity index (χ1n) is 5.80. The predicted octanol–water partition coefficient (Wildman–Crippen LogP) is 3.24. The van der Waals surface area contributed by atoms with Gasteiger partial charge < -0.3 is 4.90 Å². The highest BCUT2D eigenvalue weighted by Gasteiger charge is 2.14. The Morgan fingerprint density at radius 2 is 1.88 bits per heavy atom. The van der Waals surface area contributed by atoms with Crippen molar-refractivity contribution < 1.29 is 4.79 Å². The highest BCUT2D eigenvalue weighted by atomic mass is 16.1. The summed E-state index contributed by atoms with van der Waals surface area (Å²) in [5.74, 6) is 0.0461. The van der Waals surface area contributed by atoms with E-state index in [0.717, 1.165) is 5.56 Å². The van der Waals surface area contributed by atoms with Crippen LogP contribution < -0.4 is 0 Å². The molecule has 0 radical (unpaired) electrons. The van der Waals surface area contributed by atoms with Crippen LogP contribution in [0.1, 0.15) is 36.7 Å². The number of allylic oxidation sites excluding steroid dienone is 1. The molecule has 2 nitrogen and oxygen atoms in total. The monoisotopic (exact) mass is 231 g/mol. The van der Waals surface area contributed by atoms with E-state index in [4.69, 9.17) is 0 Å². The first kappa shape index (κ1) is 13.5. The number of hydrogen-bond donors (Lipinski definition) is 0. The van der Waals surface area contributed by atoms with Gasteiger partial charge in [-0.25, -0.2) is 0 Å². The lowest BCUT2D eigenvalue weighted by molar-refractivity contribution is 0.104. The van der Waals surface area contributed by atoms with Crippen molar-refractivity contribution in [2.45, 2.75) is 26.2 Å². The number of nitrogens with zero attached hydrogens (tertiary/aromatic N) is 1. The Kier molecular flexibility index (Phi) is 4.11. The summed E-state index contributed by atoms with van der Waals surface area (Å²) < 4.78 is 0. The normalized spacial score (nSPS) is 11.8. The predicted molar refractivity (Wildman–Crippen MR) is 72.3 cm³/mol. The number of benzene rings is 1. The molecule has 17 heavy (non-hydrogen) atoms. The molecule has 0 spiro atoms. The summed E-state index contributed by atoms with van der Waals surface area (Å²) in [5.41, 5.74) is 2.00. The van der Waals surface area contributed by atoms with Gasteiger partial charge in [0.25, 0.3) is 0 Å². The highest BCUT2D eigenvalue weighted by Crippen LogP contribution is 2.22. The Morgan fingerprint density at radius 3 is 2.41 bits per heavy atom. The molecule has 0 N–H and O–H groups in total. The van der Waals surface area contributed by atoms with Gasteiger partial charge in [0.05, 0.1) is 0 Å². The van der Waals surface area contributed by atoms with E-state index in [9.17, 15) is 4.79 Å². The number of hydrogen-bond acceptors (Lipinski definition) is 2. The van der Waals surface area contributed by atoms with Crippen LogP contribution in [0, 0.1) is 0 Å². The van der Waals surface area contributed by atoms with Crippen molar-refractivity contribution in [1.29, 1.82) is 0 Å². The van der Waals surface area contributed by atoms with Crippen LogP contribution in [0.25, 0.3) is 0 Å². The van der Waals surface area contributed by atoms with Crippen LogP contribution in [-0.2, 0) is 5.41 Å². The minimum atomic E-state index is 0.0461. The second-order valence-corrected chi connectivity index (χ2v) is 5.47. The van der Waals surface area contributed by atoms with Crippen molar-refractivity contribution in [1.82, 2.24) is 4.90 Å². The van der Waals surface area contributed by atoms with Crippen LogP contribution in [0.2, 0.25) is 0 Å². The molecule has 0 saturated carbocycles. The van der Waals surface area contributed by atoms with Crippen LogP contribution >= 0.6 is 0 Å². The molecular formula is C15H21NO. The van der Waals surface area contributed by atoms with E-state index in [1.54, 1.807) is 12.3 Å². The van der Waals surface area contributed by atoms with E-state index in [1.165, 1.54) is 5.56 Å². The third-order valence-corrected chi connectivity index (χ3v) is 2.54. The summed E-state index contributed by atoms with van der Waals surface area (Å²) in [6.45, 7) is 6.44. The van der Waals surface area contributed by atoms with Crippen LogP contribution in [0.4, 0.5) is 0 Å². The summed E-state index contributed by atoms with van der Waals surface area (Å²) in [5, 5.41) is 0. The first-order valence-corrected chi connectivity index (χ1v) is 5.80. The minimum absolute atomic E-state index is 0.0461. The number of rotatable bonds is 3. The molecule has 0 amide bonds. The number of carbonyl (C=O) groups excluding carboxylic acids is 1. The highest BCUT2D eigenvalue weighted by molar-refractivity contribution is 6.04. The summed E-state index contributed by atoms with van der Waals surface area (Å²) in [7, 11) is 3.80. The Hall–Kier alpha value is -1.57. The van der Waals surface area contributed by atoms with E-state index in [2.05, 4.69) is 26.8 Å². The molecule has 0 aliphatic rings. The third kappa shape index (κ3) is 4.06. The van der Waals surface area contributed by atoms with Gasteiger partial charge in [-0.1, -0.05) is 39.0 Å². The van der Waals surface area contributed by atoms with Gasteiger partial charge in [0.15, 0.2) is 5.78 Å². The Labute approximate surface area is 104 Å². The van der Waals surface area contributed by atoms with Crippen LogP contribution in [0.5, 0.6) is 0 Å². The molecule has 92 valence electrons. The summed E-state index contributed by atoms with van der Waals surface area (Å²) in [6, 6.07) is 7.84. The van der Waals surface area contributed by atoms with Gasteiger partial charge in [-0.2, -0.15) is 0 Å². The lowest BCUT2D eigenvalue weighted by Gasteiger charge is -2.19. The second kappa shape index (κ2) is 5.17. The SMILES string of the molecule is CN(C)/C=C/C(=O)c1cccc(C(C)(C)C)c1. The number of carbonyl (C=O) groups is 1. The van der Waals surface area contributed by atoms with Gasteiger partial charge in [-0.05, 0) is 17.0 Å². The molecule has 1 rings (SSSR count). The zero-order valence-electron chi connectivity index (χ0n) is 11.3. The molecule has 0 bridgehead atoms. The lowest BCUT2D eigenvalue weighted by Crippen LogP contribution is -2.12. The average Bonchev–Trinajstić information content (AvgIpc) is 2.25. The molecule has 0 fully saturated rings. The van der Waals surface area contributed by atoms with Gasteiger partial charge in [0, 0.05) is 31.9 Å². The van der Waals surface area contributed by atoms with Crippen molar-refractivity contribution in [2.75, 3.05) is 14.1 Å². The van der Waals surface area contributed by atoms with Crippen LogP contribution in [0.15, 0.2) is 36.5 Å². The van der Waals surface area contributed by atoms with E-state index in [1.807, 2.05) is 37.2 Å². The van der Waals surface area contributed by atoms with Gasteiger partial charge in [-0.3, -0.25) is 4.79 Å². The zero-order valence-corrected chi connectivity index (χ0v) is 11.3. The summed E-state index contributed by atoms with van der Waals surface area (Å²) in [4.78, 5) is 13.8. The first-order chi connectivity index (χ1) is 7.80. The molecular weight excluding hydrogens is 210 g/mol. The van der Waals surface area contributed by atoms with E-state index >= 15 is 0 Å². The van der Waals surface area contributed by atoms with Crippen molar-refractivity contribution >= 4 is 5.78 Å². The maximum Gasteiger partial charge on any atom is 0.187 e. The quantitative estimate of drug-likeness (QED) is 0.588. The minimum Gasteiger partial charge on any atom is -0.383 e. The largest absolute Gasteiger partial charge is 0.383 e. The summed E-state index contributed by atoms with van der Waals surface area (Å²) in [6.07, 6.45) is 3.37. The Morgan fingerprint density at radius 1 is 1.24 bits per heavy atom. The molecule has 0 aliphatic carbocycles. The van der Waals surface area contributed by atoms with Gasteiger partial charge >= 0.3 is 0 Å². The van der Waals surface area contributed by atoms with E-state index in [0.29, 0.717) is 0 Å². The molecule has 1 aromatic rings. The fraction of sp³-hybridized carbons (Fsp3) is 0.400. The standard InChI is InChI=1S/C15H21NO/c1-15(2,3)13-8-6-7-12(11-13)14(17)9-10-16(4)5/h6-11H,1-5H3/b10-9+. The molecule has 0 aliphatic heterocycles. The van der Waals surface area contributed by atoms with Crippen LogP contribution in [-0.4, -0.2) is 24.8 Å². The van der Waals surface area contributed by atoms with Crippen molar-refractivity contribution in [3.63, 3.8) is 0 Å². The molecule has 0 unspecified atom stereocenters. The van der Waals surface area contributed by atoms with E-state index < -0.39 is 0 Å². The van der Waals surface area contributed by atoms with Crippen molar-refractivity contribution in [2.24, 2.45) is 0 Å². The lowest BCUT2D eigenvalue weighted by atomic mass is 9.86. The van der Waals surface area contributed by atoms with Crippen molar-refractivity contribution in [3.8, 4) is 0 Å². The summed E-state index contributed by atoms with van der Waals surface area (Å²) >= 11 is 0. The van der Waals surface area contributed by atoms with E-state index in [-0.39, 0.29) is 11.2 Å². The van der Waals surface area contributed by atoms with Gasteiger partial charge in [-0.15, -0.1) is 0 Å². The topological polar surface area (TPSA) is 20.3 Å². The maximum absolute atomic E-state index is 11.9. The molecule has 1 aromatic carbocycles. The third-order valence-electron chi connectivity index (χ3n) is 2.54. The maximum atomic E-state index is 11.9. The molecule has 0 aromatic heterocycles. The Balaban J connectivity index is 2.96. The van der Waals surface area contributed by atoms with Gasteiger partial charge in [0.1, 0.15) is 0 Å². The second-order valence-electron chi connectivity index (χ2n) is 5.47.